The normalized spacial score (nSPS) is 16.4. The second kappa shape index (κ2) is 15.4. The van der Waals surface area contributed by atoms with Gasteiger partial charge in [0.1, 0.15) is 0 Å². The SMILES string of the molecule is CCNC(=NCCCOC1CCCCC1)NCCCCN(CC)CC. The molecule has 0 aromatic rings. The summed E-state index contributed by atoms with van der Waals surface area (Å²) in [6.45, 7) is 13.7. The summed E-state index contributed by atoms with van der Waals surface area (Å²) in [5.74, 6) is 0.947. The van der Waals surface area contributed by atoms with Gasteiger partial charge in [-0.2, -0.15) is 0 Å². The molecule has 0 spiro atoms. The van der Waals surface area contributed by atoms with Gasteiger partial charge in [-0.05, 0) is 58.7 Å². The van der Waals surface area contributed by atoms with Gasteiger partial charge in [-0.3, -0.25) is 4.99 Å². The molecule has 25 heavy (non-hydrogen) atoms. The molecular formula is C20H42N4O. The lowest BCUT2D eigenvalue weighted by atomic mass is 9.98. The first-order valence-electron chi connectivity index (χ1n) is 10.7. The van der Waals surface area contributed by atoms with Gasteiger partial charge < -0.3 is 20.3 Å². The van der Waals surface area contributed by atoms with E-state index in [-0.39, 0.29) is 0 Å². The zero-order chi connectivity index (χ0) is 18.2. The molecule has 2 N–H and O–H groups in total. The highest BCUT2D eigenvalue weighted by Crippen LogP contribution is 2.20. The van der Waals surface area contributed by atoms with Gasteiger partial charge in [-0.25, -0.2) is 0 Å². The van der Waals surface area contributed by atoms with Crippen molar-refractivity contribution in [2.24, 2.45) is 4.99 Å². The van der Waals surface area contributed by atoms with Crippen LogP contribution in [0.5, 0.6) is 0 Å². The first kappa shape index (κ1) is 22.2. The summed E-state index contributed by atoms with van der Waals surface area (Å²) in [5.41, 5.74) is 0. The van der Waals surface area contributed by atoms with Crippen LogP contribution in [0.4, 0.5) is 0 Å². The van der Waals surface area contributed by atoms with E-state index in [4.69, 9.17) is 4.74 Å². The third kappa shape index (κ3) is 11.4. The lowest BCUT2D eigenvalue weighted by Gasteiger charge is -2.21. The smallest absolute Gasteiger partial charge is 0.191 e. The Morgan fingerprint density at radius 3 is 2.44 bits per heavy atom. The molecule has 0 amide bonds. The van der Waals surface area contributed by atoms with E-state index in [0.29, 0.717) is 6.10 Å². The van der Waals surface area contributed by atoms with Gasteiger partial charge in [0.2, 0.25) is 0 Å². The van der Waals surface area contributed by atoms with Crippen molar-refractivity contribution >= 4 is 5.96 Å². The lowest BCUT2D eigenvalue weighted by Crippen LogP contribution is -2.38. The van der Waals surface area contributed by atoms with Crippen molar-refractivity contribution in [3.8, 4) is 0 Å². The zero-order valence-electron chi connectivity index (χ0n) is 17.0. The molecule has 0 aliphatic heterocycles. The standard InChI is InChI=1S/C20H42N4O/c1-4-21-20(22-15-10-11-17-24(5-2)6-3)23-16-12-18-25-19-13-8-7-9-14-19/h19H,4-18H2,1-3H3,(H2,21,22,23). The number of hydrogen-bond acceptors (Lipinski definition) is 3. The number of hydrogen-bond donors (Lipinski definition) is 2. The molecule has 5 heteroatoms. The van der Waals surface area contributed by atoms with Gasteiger partial charge >= 0.3 is 0 Å². The number of aliphatic imine (C=N–C) groups is 1. The van der Waals surface area contributed by atoms with E-state index >= 15 is 0 Å². The Labute approximate surface area is 156 Å². The van der Waals surface area contributed by atoms with Crippen LogP contribution in [-0.4, -0.2) is 62.8 Å². The predicted octanol–water partition coefficient (Wildman–Crippen LogP) is 3.40. The van der Waals surface area contributed by atoms with E-state index in [2.05, 4.69) is 41.3 Å². The molecule has 0 aromatic carbocycles. The predicted molar refractivity (Wildman–Crippen MR) is 108 cm³/mol. The number of nitrogens with zero attached hydrogens (tertiary/aromatic N) is 2. The summed E-state index contributed by atoms with van der Waals surface area (Å²) in [7, 11) is 0. The van der Waals surface area contributed by atoms with Crippen LogP contribution >= 0.6 is 0 Å². The molecular weight excluding hydrogens is 312 g/mol. The number of nitrogens with one attached hydrogen (secondary N) is 2. The van der Waals surface area contributed by atoms with Gasteiger partial charge in [-0.1, -0.05) is 33.1 Å². The molecule has 0 unspecified atom stereocenters. The van der Waals surface area contributed by atoms with Crippen molar-refractivity contribution in [2.45, 2.75) is 78.2 Å². The number of unbranched alkanes of at least 4 members (excludes halogenated alkanes) is 1. The third-order valence-corrected chi connectivity index (χ3v) is 4.91. The van der Waals surface area contributed by atoms with Crippen molar-refractivity contribution in [1.29, 1.82) is 0 Å². The molecule has 0 aromatic heterocycles. The fraction of sp³-hybridized carbons (Fsp3) is 0.950. The van der Waals surface area contributed by atoms with E-state index in [1.807, 2.05) is 0 Å². The highest BCUT2D eigenvalue weighted by molar-refractivity contribution is 5.79. The molecule has 0 radical (unpaired) electrons. The molecule has 0 heterocycles. The first-order chi connectivity index (χ1) is 12.3. The minimum absolute atomic E-state index is 0.509. The van der Waals surface area contributed by atoms with Crippen LogP contribution in [0.25, 0.3) is 0 Å². The maximum Gasteiger partial charge on any atom is 0.191 e. The Bertz CT molecular complexity index is 326. The van der Waals surface area contributed by atoms with E-state index in [9.17, 15) is 0 Å². The average Bonchev–Trinajstić information content (AvgIpc) is 2.65. The van der Waals surface area contributed by atoms with Gasteiger partial charge in [0.25, 0.3) is 0 Å². The molecule has 1 saturated carbocycles. The summed E-state index contributed by atoms with van der Waals surface area (Å²) in [6, 6.07) is 0. The fourth-order valence-electron chi connectivity index (χ4n) is 3.29. The van der Waals surface area contributed by atoms with Crippen molar-refractivity contribution in [3.05, 3.63) is 0 Å². The maximum atomic E-state index is 5.97. The number of ether oxygens (including phenoxy) is 1. The van der Waals surface area contributed by atoms with E-state index in [0.717, 1.165) is 51.7 Å². The third-order valence-electron chi connectivity index (χ3n) is 4.91. The fourth-order valence-corrected chi connectivity index (χ4v) is 3.29. The summed E-state index contributed by atoms with van der Waals surface area (Å²) in [4.78, 5) is 7.14. The largest absolute Gasteiger partial charge is 0.378 e. The number of rotatable bonds is 13. The van der Waals surface area contributed by atoms with Crippen molar-refractivity contribution in [3.63, 3.8) is 0 Å². The van der Waals surface area contributed by atoms with Crippen LogP contribution in [0.1, 0.15) is 72.1 Å². The number of guanidine groups is 1. The van der Waals surface area contributed by atoms with E-state index < -0.39 is 0 Å². The van der Waals surface area contributed by atoms with Crippen LogP contribution in [0.15, 0.2) is 4.99 Å². The monoisotopic (exact) mass is 354 g/mol. The lowest BCUT2D eigenvalue weighted by molar-refractivity contribution is 0.0281. The topological polar surface area (TPSA) is 48.9 Å². The Balaban J connectivity index is 2.09. The van der Waals surface area contributed by atoms with Crippen LogP contribution in [0, 0.1) is 0 Å². The molecule has 1 aliphatic carbocycles. The van der Waals surface area contributed by atoms with Gasteiger partial charge in [0.05, 0.1) is 6.10 Å². The maximum absolute atomic E-state index is 5.97. The van der Waals surface area contributed by atoms with Crippen molar-refractivity contribution in [1.82, 2.24) is 15.5 Å². The molecule has 148 valence electrons. The minimum atomic E-state index is 0.509. The van der Waals surface area contributed by atoms with Crippen LogP contribution in [-0.2, 0) is 4.74 Å². The molecule has 1 aliphatic rings. The molecule has 1 fully saturated rings. The molecule has 5 nitrogen and oxygen atoms in total. The summed E-state index contributed by atoms with van der Waals surface area (Å²) >= 11 is 0. The second-order valence-electron chi connectivity index (χ2n) is 6.91. The van der Waals surface area contributed by atoms with Gasteiger partial charge in [-0.15, -0.1) is 0 Å². The van der Waals surface area contributed by atoms with E-state index in [1.54, 1.807) is 0 Å². The molecule has 0 atom stereocenters. The Hall–Kier alpha value is -0.810. The van der Waals surface area contributed by atoms with Crippen molar-refractivity contribution in [2.75, 3.05) is 45.9 Å². The first-order valence-corrected chi connectivity index (χ1v) is 10.7. The Morgan fingerprint density at radius 2 is 1.76 bits per heavy atom. The van der Waals surface area contributed by atoms with Gasteiger partial charge in [0, 0.05) is 26.2 Å². The van der Waals surface area contributed by atoms with Crippen LogP contribution < -0.4 is 10.6 Å². The quantitative estimate of drug-likeness (QED) is 0.302. The van der Waals surface area contributed by atoms with Gasteiger partial charge in [0.15, 0.2) is 5.96 Å². The van der Waals surface area contributed by atoms with E-state index in [1.165, 1.54) is 51.5 Å². The van der Waals surface area contributed by atoms with Crippen LogP contribution in [0.3, 0.4) is 0 Å². The highest BCUT2D eigenvalue weighted by Gasteiger charge is 2.12. The highest BCUT2D eigenvalue weighted by atomic mass is 16.5. The second-order valence-corrected chi connectivity index (χ2v) is 6.91. The summed E-state index contributed by atoms with van der Waals surface area (Å²) in [6.07, 6.45) is 10.5. The van der Waals surface area contributed by atoms with Crippen LogP contribution in [0.2, 0.25) is 0 Å². The Morgan fingerprint density at radius 1 is 1.00 bits per heavy atom. The molecule has 1 rings (SSSR count). The molecule has 0 bridgehead atoms. The zero-order valence-corrected chi connectivity index (χ0v) is 17.0. The van der Waals surface area contributed by atoms with Crippen molar-refractivity contribution < 1.29 is 4.74 Å². The average molecular weight is 355 g/mol. The molecule has 0 saturated heterocycles. The Kier molecular flexibility index (Phi) is 13.7. The minimum Gasteiger partial charge on any atom is -0.378 e. The summed E-state index contributed by atoms with van der Waals surface area (Å²) < 4.78 is 5.97. The summed E-state index contributed by atoms with van der Waals surface area (Å²) in [5, 5.41) is 6.78.